The minimum Gasteiger partial charge on any atom is -0.461 e. The van der Waals surface area contributed by atoms with Crippen LogP contribution in [0.1, 0.15) is 38.4 Å². The molecule has 8 heteroatoms. The highest BCUT2D eigenvalue weighted by molar-refractivity contribution is 6.34. The van der Waals surface area contributed by atoms with Crippen molar-refractivity contribution in [2.75, 3.05) is 6.54 Å². The Labute approximate surface area is 156 Å². The summed E-state index contributed by atoms with van der Waals surface area (Å²) in [4.78, 5) is 14.7. The van der Waals surface area contributed by atoms with Crippen LogP contribution >= 0.6 is 11.6 Å². The molecule has 0 saturated carbocycles. The topological polar surface area (TPSA) is 98.3 Å². The molecular weight excluding hydrogens is 354 g/mol. The summed E-state index contributed by atoms with van der Waals surface area (Å²) in [6.45, 7) is 6.63. The van der Waals surface area contributed by atoms with E-state index in [1.165, 1.54) is 4.63 Å². The van der Waals surface area contributed by atoms with Crippen molar-refractivity contribution in [2.24, 2.45) is 5.73 Å². The van der Waals surface area contributed by atoms with Gasteiger partial charge in [-0.05, 0) is 11.6 Å². The van der Waals surface area contributed by atoms with Gasteiger partial charge in [-0.1, -0.05) is 50.6 Å². The first-order chi connectivity index (χ1) is 12.3. The first-order valence-corrected chi connectivity index (χ1v) is 8.77. The number of halogens is 1. The van der Waals surface area contributed by atoms with E-state index in [0.717, 1.165) is 16.8 Å². The van der Waals surface area contributed by atoms with Gasteiger partial charge in [-0.3, -0.25) is 4.79 Å². The van der Waals surface area contributed by atoms with Gasteiger partial charge in [0.1, 0.15) is 11.6 Å². The van der Waals surface area contributed by atoms with E-state index >= 15 is 0 Å². The van der Waals surface area contributed by atoms with Gasteiger partial charge in [0.05, 0.1) is 12.1 Å². The Balaban J connectivity index is 1.85. The summed E-state index contributed by atoms with van der Waals surface area (Å²) < 4.78 is 6.71. The van der Waals surface area contributed by atoms with Crippen LogP contribution in [0.5, 0.6) is 0 Å². The van der Waals surface area contributed by atoms with Gasteiger partial charge in [-0.15, -0.1) is 9.73 Å². The fraction of sp³-hybridized carbons (Fsp3) is 0.389. The number of H-pyrrole nitrogens is 1. The minimum atomic E-state index is -0.309. The number of esters is 1. The number of rotatable bonds is 5. The molecule has 0 amide bonds. The summed E-state index contributed by atoms with van der Waals surface area (Å²) in [5.41, 5.74) is 8.35. The Kier molecular flexibility index (Phi) is 5.02. The molecule has 0 bridgehead atoms. The van der Waals surface area contributed by atoms with Gasteiger partial charge in [0.15, 0.2) is 11.5 Å². The molecule has 0 atom stereocenters. The molecular formula is C18H22ClN5O2. The number of ether oxygens (including phenoxy) is 1. The number of aromatic nitrogens is 4. The second kappa shape index (κ2) is 7.09. The lowest BCUT2D eigenvalue weighted by Gasteiger charge is -2.14. The van der Waals surface area contributed by atoms with Crippen LogP contribution in [-0.2, 0) is 21.6 Å². The zero-order chi connectivity index (χ0) is 18.9. The number of nitrogens with one attached hydrogen (secondary N) is 1. The Hall–Kier alpha value is -2.38. The minimum absolute atomic E-state index is 0.168. The first kappa shape index (κ1) is 18.4. The highest BCUT2D eigenvalue weighted by Gasteiger charge is 2.25. The Morgan fingerprint density at radius 1 is 1.35 bits per heavy atom. The zero-order valence-corrected chi connectivity index (χ0v) is 15.8. The molecule has 0 saturated heterocycles. The molecule has 3 N–H and O–H groups in total. The van der Waals surface area contributed by atoms with E-state index in [9.17, 15) is 4.79 Å². The van der Waals surface area contributed by atoms with Crippen molar-refractivity contribution in [3.8, 4) is 11.4 Å². The van der Waals surface area contributed by atoms with Crippen LogP contribution in [0.25, 0.3) is 17.0 Å². The standard InChI is InChI=1S/C18H22ClN5O2/c1-18(2,3)15-14(19)17-21-16(23-24(17)22-15)12-6-4-5-11(9-12)10-26-13(25)7-8-20/h4-6,9H,7-8,10,20H2,1-3H3,(H,21,23). The van der Waals surface area contributed by atoms with Crippen LogP contribution in [0.3, 0.4) is 0 Å². The van der Waals surface area contributed by atoms with Crippen LogP contribution in [0.4, 0.5) is 0 Å². The molecule has 1 aromatic carbocycles. The number of fused-ring (bicyclic) bond motifs is 1. The van der Waals surface area contributed by atoms with Crippen molar-refractivity contribution in [2.45, 2.75) is 39.2 Å². The molecule has 0 radical (unpaired) electrons. The smallest absolute Gasteiger partial charge is 0.307 e. The molecule has 26 heavy (non-hydrogen) atoms. The molecule has 2 aromatic heterocycles. The lowest BCUT2D eigenvalue weighted by molar-refractivity contribution is -0.144. The van der Waals surface area contributed by atoms with E-state index in [2.05, 4.69) is 36.0 Å². The SMILES string of the molecule is CC(C)(C)c1nn2nc(-c3cccc(COC(=O)CCN)c3)[nH]c2c1Cl. The zero-order valence-electron chi connectivity index (χ0n) is 15.0. The lowest BCUT2D eigenvalue weighted by atomic mass is 9.92. The van der Waals surface area contributed by atoms with E-state index in [1.807, 2.05) is 24.3 Å². The van der Waals surface area contributed by atoms with E-state index in [4.69, 9.17) is 22.1 Å². The third kappa shape index (κ3) is 3.73. The summed E-state index contributed by atoms with van der Waals surface area (Å²) in [6.07, 6.45) is 0.212. The van der Waals surface area contributed by atoms with Gasteiger partial charge < -0.3 is 15.5 Å². The second-order valence-corrected chi connectivity index (χ2v) is 7.50. The Morgan fingerprint density at radius 3 is 2.77 bits per heavy atom. The van der Waals surface area contributed by atoms with Crippen molar-refractivity contribution < 1.29 is 9.53 Å². The van der Waals surface area contributed by atoms with E-state index < -0.39 is 0 Å². The highest BCUT2D eigenvalue weighted by Crippen LogP contribution is 2.31. The summed E-state index contributed by atoms with van der Waals surface area (Å²) in [5, 5.41) is 9.55. The van der Waals surface area contributed by atoms with Gasteiger partial charge in [0.25, 0.3) is 0 Å². The molecule has 0 fully saturated rings. The third-order valence-corrected chi connectivity index (χ3v) is 4.26. The number of carbonyl (C=O) groups excluding carboxylic acids is 1. The third-order valence-electron chi connectivity index (χ3n) is 3.90. The maximum Gasteiger partial charge on any atom is 0.307 e. The number of hydrogen-bond donors (Lipinski definition) is 2. The summed E-state index contributed by atoms with van der Waals surface area (Å²) in [5.74, 6) is 0.334. The van der Waals surface area contributed by atoms with Gasteiger partial charge in [0.2, 0.25) is 0 Å². The molecule has 3 aromatic rings. The quantitative estimate of drug-likeness (QED) is 0.668. The molecule has 138 valence electrons. The fourth-order valence-electron chi connectivity index (χ4n) is 2.57. The Morgan fingerprint density at radius 2 is 2.12 bits per heavy atom. The lowest BCUT2D eigenvalue weighted by Crippen LogP contribution is -2.13. The van der Waals surface area contributed by atoms with E-state index in [0.29, 0.717) is 16.5 Å². The van der Waals surface area contributed by atoms with Crippen molar-refractivity contribution in [3.05, 3.63) is 40.5 Å². The van der Waals surface area contributed by atoms with E-state index in [-0.39, 0.29) is 31.0 Å². The number of aromatic amines is 1. The molecule has 0 spiro atoms. The van der Waals surface area contributed by atoms with Gasteiger partial charge in [-0.25, -0.2) is 0 Å². The van der Waals surface area contributed by atoms with Crippen LogP contribution in [-0.4, -0.2) is 32.3 Å². The average Bonchev–Trinajstić information content (AvgIpc) is 3.13. The molecule has 0 aliphatic rings. The predicted octanol–water partition coefficient (Wildman–Crippen LogP) is 3.07. The number of nitrogens with two attached hydrogens (primary N) is 1. The number of nitrogens with zero attached hydrogens (tertiary/aromatic N) is 3. The van der Waals surface area contributed by atoms with Crippen molar-refractivity contribution in [3.63, 3.8) is 0 Å². The second-order valence-electron chi connectivity index (χ2n) is 7.12. The molecule has 3 rings (SSSR count). The van der Waals surface area contributed by atoms with Gasteiger partial charge >= 0.3 is 5.97 Å². The Bertz CT molecular complexity index is 939. The van der Waals surface area contributed by atoms with Crippen LogP contribution in [0, 0.1) is 0 Å². The van der Waals surface area contributed by atoms with Crippen LogP contribution in [0.2, 0.25) is 5.02 Å². The summed E-state index contributed by atoms with van der Waals surface area (Å²) in [7, 11) is 0. The summed E-state index contributed by atoms with van der Waals surface area (Å²) in [6, 6.07) is 7.60. The van der Waals surface area contributed by atoms with Gasteiger partial charge in [0, 0.05) is 17.5 Å². The van der Waals surface area contributed by atoms with Gasteiger partial charge in [-0.2, -0.15) is 5.10 Å². The number of hydrogen-bond acceptors (Lipinski definition) is 5. The molecule has 2 heterocycles. The van der Waals surface area contributed by atoms with Crippen molar-refractivity contribution in [1.82, 2.24) is 19.8 Å². The summed E-state index contributed by atoms with van der Waals surface area (Å²) >= 11 is 6.47. The number of carbonyl (C=O) groups is 1. The normalized spacial score (nSPS) is 11.9. The van der Waals surface area contributed by atoms with Crippen LogP contribution < -0.4 is 5.73 Å². The molecule has 0 aliphatic heterocycles. The monoisotopic (exact) mass is 375 g/mol. The van der Waals surface area contributed by atoms with Crippen LogP contribution in [0.15, 0.2) is 24.3 Å². The van der Waals surface area contributed by atoms with Crippen molar-refractivity contribution in [1.29, 1.82) is 0 Å². The maximum atomic E-state index is 11.5. The largest absolute Gasteiger partial charge is 0.461 e. The molecule has 0 aliphatic carbocycles. The average molecular weight is 376 g/mol. The molecule has 7 nitrogen and oxygen atoms in total. The predicted molar refractivity (Wildman–Crippen MR) is 100.0 cm³/mol. The highest BCUT2D eigenvalue weighted by atomic mass is 35.5. The van der Waals surface area contributed by atoms with Crippen molar-refractivity contribution >= 4 is 23.2 Å². The van der Waals surface area contributed by atoms with E-state index in [1.54, 1.807) is 0 Å². The molecule has 0 unspecified atom stereocenters. The number of benzene rings is 1. The first-order valence-electron chi connectivity index (χ1n) is 8.39. The maximum absolute atomic E-state index is 11.5. The fourth-order valence-corrected chi connectivity index (χ4v) is 3.01.